The van der Waals surface area contributed by atoms with Crippen molar-refractivity contribution < 1.29 is 4.39 Å². The van der Waals surface area contributed by atoms with Crippen molar-refractivity contribution in [3.05, 3.63) is 35.6 Å². The van der Waals surface area contributed by atoms with E-state index in [1.807, 2.05) is 12.1 Å². The van der Waals surface area contributed by atoms with Gasteiger partial charge in [-0.3, -0.25) is 0 Å². The van der Waals surface area contributed by atoms with Gasteiger partial charge in [0.2, 0.25) is 0 Å². The van der Waals surface area contributed by atoms with Gasteiger partial charge in [0.05, 0.1) is 0 Å². The first-order valence-electron chi connectivity index (χ1n) is 5.12. The molecule has 1 unspecified atom stereocenters. The molecular weight excluding hydrogens is 243 g/mol. The molecule has 0 radical (unpaired) electrons. The van der Waals surface area contributed by atoms with Crippen LogP contribution in [0.1, 0.15) is 24.8 Å². The molecule has 1 saturated carbocycles. The summed E-state index contributed by atoms with van der Waals surface area (Å²) in [4.78, 5) is 0.556. The molecular formula is C12H14BrF. The van der Waals surface area contributed by atoms with E-state index in [4.69, 9.17) is 0 Å². The fourth-order valence-electron chi connectivity index (χ4n) is 1.67. The third kappa shape index (κ3) is 3.09. The standard InChI is InChI=1S/C12H14BrF/c13-11(7-9-1-2-9)8-10-3-5-12(14)6-4-10/h3-6,9,11H,1-2,7-8H2. The summed E-state index contributed by atoms with van der Waals surface area (Å²) in [6, 6.07) is 6.81. The van der Waals surface area contributed by atoms with Crippen LogP contribution < -0.4 is 0 Å². The average Bonchev–Trinajstić information content (AvgIpc) is 2.93. The van der Waals surface area contributed by atoms with Gasteiger partial charge < -0.3 is 0 Å². The van der Waals surface area contributed by atoms with E-state index in [0.29, 0.717) is 4.83 Å². The second kappa shape index (κ2) is 4.43. The molecule has 76 valence electrons. The average molecular weight is 257 g/mol. The molecule has 0 spiro atoms. The summed E-state index contributed by atoms with van der Waals surface area (Å²) in [6.07, 6.45) is 5.06. The van der Waals surface area contributed by atoms with Crippen molar-refractivity contribution in [2.45, 2.75) is 30.5 Å². The lowest BCUT2D eigenvalue weighted by atomic mass is 10.1. The molecule has 1 aliphatic rings. The predicted octanol–water partition coefficient (Wildman–Crippen LogP) is 3.93. The normalized spacial score (nSPS) is 18.1. The molecule has 2 rings (SSSR count). The van der Waals surface area contributed by atoms with Crippen molar-refractivity contribution in [2.24, 2.45) is 5.92 Å². The molecule has 2 heteroatoms. The van der Waals surface area contributed by atoms with Crippen LogP contribution >= 0.6 is 15.9 Å². The Kier molecular flexibility index (Phi) is 3.22. The van der Waals surface area contributed by atoms with Gasteiger partial charge >= 0.3 is 0 Å². The predicted molar refractivity (Wildman–Crippen MR) is 60.2 cm³/mol. The van der Waals surface area contributed by atoms with Crippen LogP contribution in [0.4, 0.5) is 4.39 Å². The summed E-state index contributed by atoms with van der Waals surface area (Å²) < 4.78 is 12.6. The SMILES string of the molecule is Fc1ccc(CC(Br)CC2CC2)cc1. The van der Waals surface area contributed by atoms with Gasteiger partial charge in [0.15, 0.2) is 0 Å². The Morgan fingerprint density at radius 3 is 2.50 bits per heavy atom. The molecule has 0 amide bonds. The highest BCUT2D eigenvalue weighted by Gasteiger charge is 2.24. The van der Waals surface area contributed by atoms with E-state index in [-0.39, 0.29) is 5.82 Å². The second-order valence-electron chi connectivity index (χ2n) is 4.11. The fourth-order valence-corrected chi connectivity index (χ4v) is 2.58. The van der Waals surface area contributed by atoms with Crippen LogP contribution in [0.3, 0.4) is 0 Å². The summed E-state index contributed by atoms with van der Waals surface area (Å²) in [5.74, 6) is 0.793. The fraction of sp³-hybridized carbons (Fsp3) is 0.500. The highest BCUT2D eigenvalue weighted by Crippen LogP contribution is 2.36. The van der Waals surface area contributed by atoms with Crippen molar-refractivity contribution in [3.8, 4) is 0 Å². The monoisotopic (exact) mass is 256 g/mol. The zero-order valence-corrected chi connectivity index (χ0v) is 9.63. The molecule has 0 heterocycles. The van der Waals surface area contributed by atoms with E-state index in [1.165, 1.54) is 37.0 Å². The lowest BCUT2D eigenvalue weighted by molar-refractivity contribution is 0.626. The molecule has 0 N–H and O–H groups in total. The first kappa shape index (κ1) is 10.2. The van der Waals surface area contributed by atoms with Crippen LogP contribution in [0.15, 0.2) is 24.3 Å². The number of hydrogen-bond donors (Lipinski definition) is 0. The smallest absolute Gasteiger partial charge is 0.123 e. The Balaban J connectivity index is 1.85. The number of alkyl halides is 1. The molecule has 1 aromatic rings. The van der Waals surface area contributed by atoms with E-state index >= 15 is 0 Å². The van der Waals surface area contributed by atoms with Crippen LogP contribution in [0.2, 0.25) is 0 Å². The van der Waals surface area contributed by atoms with E-state index in [9.17, 15) is 4.39 Å². The summed E-state index contributed by atoms with van der Waals surface area (Å²) in [6.45, 7) is 0. The largest absolute Gasteiger partial charge is 0.207 e. The van der Waals surface area contributed by atoms with E-state index in [0.717, 1.165) is 12.3 Å². The number of halogens is 2. The Morgan fingerprint density at radius 2 is 1.93 bits per heavy atom. The van der Waals surface area contributed by atoms with Gasteiger partial charge in [0.25, 0.3) is 0 Å². The molecule has 1 aromatic carbocycles. The zero-order valence-electron chi connectivity index (χ0n) is 8.05. The van der Waals surface area contributed by atoms with Crippen LogP contribution in [0.5, 0.6) is 0 Å². The number of hydrogen-bond acceptors (Lipinski definition) is 0. The lowest BCUT2D eigenvalue weighted by Crippen LogP contribution is -2.03. The zero-order chi connectivity index (χ0) is 9.97. The maximum absolute atomic E-state index is 12.6. The summed E-state index contributed by atoms with van der Waals surface area (Å²) in [5, 5.41) is 0. The Bertz CT molecular complexity index is 290. The molecule has 0 bridgehead atoms. The first-order valence-corrected chi connectivity index (χ1v) is 6.04. The van der Waals surface area contributed by atoms with Crippen molar-refractivity contribution in [2.75, 3.05) is 0 Å². The van der Waals surface area contributed by atoms with Gasteiger partial charge in [0, 0.05) is 4.83 Å². The Hall–Kier alpha value is -0.370. The van der Waals surface area contributed by atoms with Crippen molar-refractivity contribution >= 4 is 15.9 Å². The maximum Gasteiger partial charge on any atom is 0.123 e. The minimum Gasteiger partial charge on any atom is -0.207 e. The highest BCUT2D eigenvalue weighted by atomic mass is 79.9. The van der Waals surface area contributed by atoms with Crippen molar-refractivity contribution in [1.29, 1.82) is 0 Å². The third-order valence-electron chi connectivity index (χ3n) is 2.66. The molecule has 0 nitrogen and oxygen atoms in total. The van der Waals surface area contributed by atoms with Crippen molar-refractivity contribution in [3.63, 3.8) is 0 Å². The number of rotatable bonds is 4. The Morgan fingerprint density at radius 1 is 1.29 bits per heavy atom. The molecule has 1 aliphatic carbocycles. The van der Waals surface area contributed by atoms with E-state index < -0.39 is 0 Å². The van der Waals surface area contributed by atoms with E-state index in [1.54, 1.807) is 0 Å². The quantitative estimate of drug-likeness (QED) is 0.717. The van der Waals surface area contributed by atoms with Crippen LogP contribution in [-0.2, 0) is 6.42 Å². The maximum atomic E-state index is 12.6. The number of benzene rings is 1. The summed E-state index contributed by atoms with van der Waals surface area (Å²) in [5.41, 5.74) is 1.22. The van der Waals surface area contributed by atoms with Crippen molar-refractivity contribution in [1.82, 2.24) is 0 Å². The molecule has 14 heavy (non-hydrogen) atoms. The van der Waals surface area contributed by atoms with Gasteiger partial charge in [-0.2, -0.15) is 0 Å². The van der Waals surface area contributed by atoms with Gasteiger partial charge in [-0.25, -0.2) is 4.39 Å². The van der Waals surface area contributed by atoms with Crippen LogP contribution in [0.25, 0.3) is 0 Å². The molecule has 1 fully saturated rings. The van der Waals surface area contributed by atoms with Crippen LogP contribution in [0, 0.1) is 11.7 Å². The third-order valence-corrected chi connectivity index (χ3v) is 3.35. The molecule has 0 aliphatic heterocycles. The van der Waals surface area contributed by atoms with Gasteiger partial charge in [-0.05, 0) is 36.5 Å². The second-order valence-corrected chi connectivity index (χ2v) is 5.40. The van der Waals surface area contributed by atoms with Gasteiger partial charge in [-0.15, -0.1) is 0 Å². The highest BCUT2D eigenvalue weighted by molar-refractivity contribution is 9.09. The van der Waals surface area contributed by atoms with E-state index in [2.05, 4.69) is 15.9 Å². The van der Waals surface area contributed by atoms with Crippen LogP contribution in [-0.4, -0.2) is 4.83 Å². The van der Waals surface area contributed by atoms with Gasteiger partial charge in [-0.1, -0.05) is 40.9 Å². The molecule has 0 aromatic heterocycles. The Labute approximate surface area is 92.6 Å². The molecule has 0 saturated heterocycles. The summed E-state index contributed by atoms with van der Waals surface area (Å²) >= 11 is 3.68. The topological polar surface area (TPSA) is 0 Å². The summed E-state index contributed by atoms with van der Waals surface area (Å²) in [7, 11) is 0. The first-order chi connectivity index (χ1) is 6.74. The minimum absolute atomic E-state index is 0.151. The molecule has 1 atom stereocenters. The van der Waals surface area contributed by atoms with Gasteiger partial charge in [0.1, 0.15) is 5.82 Å². The minimum atomic E-state index is -0.151. The lowest BCUT2D eigenvalue weighted by Gasteiger charge is -2.08.